The van der Waals surface area contributed by atoms with E-state index in [4.69, 9.17) is 11.6 Å². The summed E-state index contributed by atoms with van der Waals surface area (Å²) in [4.78, 5) is 12.0. The minimum atomic E-state index is -0.00154. The predicted octanol–water partition coefficient (Wildman–Crippen LogP) is 4.39. The predicted molar refractivity (Wildman–Crippen MR) is 95.8 cm³/mol. The third-order valence-corrected chi connectivity index (χ3v) is 4.27. The molecule has 23 heavy (non-hydrogen) atoms. The molecule has 0 bridgehead atoms. The summed E-state index contributed by atoms with van der Waals surface area (Å²) >= 11 is 6.08. The number of hydrogen-bond acceptors (Lipinski definition) is 1. The molecule has 0 spiro atoms. The molecular formula is C20H18ClNO. The van der Waals surface area contributed by atoms with Crippen LogP contribution in [0.1, 0.15) is 11.1 Å². The third kappa shape index (κ3) is 3.91. The fourth-order valence-electron chi connectivity index (χ4n) is 2.72. The number of carbonyl (C=O) groups is 1. The van der Waals surface area contributed by atoms with Gasteiger partial charge in [-0.15, -0.1) is 0 Å². The molecule has 0 aromatic heterocycles. The lowest BCUT2D eigenvalue weighted by Crippen LogP contribution is -2.27. The van der Waals surface area contributed by atoms with Crippen molar-refractivity contribution < 1.29 is 4.79 Å². The van der Waals surface area contributed by atoms with Gasteiger partial charge in [-0.05, 0) is 34.4 Å². The number of nitrogens with one attached hydrogen (secondary N) is 1. The summed E-state index contributed by atoms with van der Waals surface area (Å²) in [7, 11) is 0. The Morgan fingerprint density at radius 2 is 1.57 bits per heavy atom. The zero-order chi connectivity index (χ0) is 16.1. The second-order valence-electron chi connectivity index (χ2n) is 5.51. The molecule has 116 valence electrons. The summed E-state index contributed by atoms with van der Waals surface area (Å²) in [6.45, 7) is 0.622. The number of amides is 1. The minimum Gasteiger partial charge on any atom is -0.355 e. The highest BCUT2D eigenvalue weighted by atomic mass is 35.5. The lowest BCUT2D eigenvalue weighted by Gasteiger charge is -2.09. The molecule has 1 N–H and O–H groups in total. The number of rotatable bonds is 5. The van der Waals surface area contributed by atoms with Gasteiger partial charge >= 0.3 is 0 Å². The molecule has 3 aromatic rings. The van der Waals surface area contributed by atoms with Crippen molar-refractivity contribution in [3.05, 3.63) is 82.9 Å². The van der Waals surface area contributed by atoms with Crippen molar-refractivity contribution in [2.75, 3.05) is 6.54 Å². The maximum Gasteiger partial charge on any atom is 0.224 e. The van der Waals surface area contributed by atoms with Gasteiger partial charge in [0.25, 0.3) is 0 Å². The van der Waals surface area contributed by atoms with Crippen LogP contribution in [0.25, 0.3) is 10.8 Å². The molecule has 0 heterocycles. The van der Waals surface area contributed by atoms with Gasteiger partial charge < -0.3 is 5.32 Å². The van der Waals surface area contributed by atoms with E-state index in [1.165, 1.54) is 16.3 Å². The number of fused-ring (bicyclic) bond motifs is 1. The average Bonchev–Trinajstić information content (AvgIpc) is 2.57. The van der Waals surface area contributed by atoms with Crippen molar-refractivity contribution >= 4 is 28.3 Å². The lowest BCUT2D eigenvalue weighted by atomic mass is 10.0. The van der Waals surface area contributed by atoms with Crippen LogP contribution in [-0.2, 0) is 17.6 Å². The van der Waals surface area contributed by atoms with Crippen LogP contribution >= 0.6 is 11.6 Å². The normalized spacial score (nSPS) is 10.7. The fourth-order valence-corrected chi connectivity index (χ4v) is 2.93. The Kier molecular flexibility index (Phi) is 4.94. The summed E-state index contributed by atoms with van der Waals surface area (Å²) in [5.74, 6) is -0.00154. The van der Waals surface area contributed by atoms with Crippen molar-refractivity contribution in [2.45, 2.75) is 12.8 Å². The van der Waals surface area contributed by atoms with Gasteiger partial charge in [0.15, 0.2) is 0 Å². The Labute approximate surface area is 141 Å². The molecule has 0 radical (unpaired) electrons. The van der Waals surface area contributed by atoms with Gasteiger partial charge in [-0.25, -0.2) is 0 Å². The lowest BCUT2D eigenvalue weighted by molar-refractivity contribution is -0.120. The molecule has 0 fully saturated rings. The van der Waals surface area contributed by atoms with Gasteiger partial charge in [-0.3, -0.25) is 4.79 Å². The number of benzene rings is 3. The molecule has 1 amide bonds. The van der Waals surface area contributed by atoms with Gasteiger partial charge in [0.05, 0.1) is 6.42 Å². The number of hydrogen-bond donors (Lipinski definition) is 1. The van der Waals surface area contributed by atoms with Crippen LogP contribution in [-0.4, -0.2) is 12.5 Å². The Balaban J connectivity index is 1.58. The van der Waals surface area contributed by atoms with Crippen LogP contribution in [0.3, 0.4) is 0 Å². The molecule has 0 unspecified atom stereocenters. The Bertz CT molecular complexity index is 823. The molecule has 0 aliphatic rings. The molecule has 3 aromatic carbocycles. The molecule has 3 rings (SSSR count). The molecule has 0 atom stereocenters. The zero-order valence-corrected chi connectivity index (χ0v) is 13.5. The average molecular weight is 324 g/mol. The summed E-state index contributed by atoms with van der Waals surface area (Å²) in [5, 5.41) is 6.08. The number of halogens is 1. The maximum atomic E-state index is 12.0. The molecule has 0 saturated heterocycles. The van der Waals surface area contributed by atoms with E-state index in [1.807, 2.05) is 30.3 Å². The van der Waals surface area contributed by atoms with Gasteiger partial charge in [0.2, 0.25) is 5.91 Å². The molecule has 0 aliphatic heterocycles. The van der Waals surface area contributed by atoms with E-state index in [0.29, 0.717) is 18.0 Å². The maximum absolute atomic E-state index is 12.0. The first-order chi connectivity index (χ1) is 11.2. The van der Waals surface area contributed by atoms with Crippen LogP contribution < -0.4 is 5.32 Å². The van der Waals surface area contributed by atoms with Crippen molar-refractivity contribution in [1.29, 1.82) is 0 Å². The van der Waals surface area contributed by atoms with Crippen LogP contribution in [0.15, 0.2) is 66.7 Å². The smallest absolute Gasteiger partial charge is 0.224 e. The quantitative estimate of drug-likeness (QED) is 0.741. The van der Waals surface area contributed by atoms with Crippen LogP contribution in [0.2, 0.25) is 5.02 Å². The third-order valence-electron chi connectivity index (χ3n) is 3.91. The SMILES string of the molecule is O=C(Cc1ccccc1Cl)NCCc1cccc2ccccc12. The topological polar surface area (TPSA) is 29.1 Å². The Hall–Kier alpha value is -2.32. The van der Waals surface area contributed by atoms with Crippen LogP contribution in [0.4, 0.5) is 0 Å². The van der Waals surface area contributed by atoms with E-state index in [0.717, 1.165) is 12.0 Å². The van der Waals surface area contributed by atoms with E-state index in [9.17, 15) is 4.79 Å². The van der Waals surface area contributed by atoms with E-state index < -0.39 is 0 Å². The summed E-state index contributed by atoms with van der Waals surface area (Å²) in [6, 6.07) is 22.0. The monoisotopic (exact) mass is 323 g/mol. The highest BCUT2D eigenvalue weighted by Crippen LogP contribution is 2.19. The highest BCUT2D eigenvalue weighted by Gasteiger charge is 2.06. The van der Waals surface area contributed by atoms with Crippen LogP contribution in [0.5, 0.6) is 0 Å². The van der Waals surface area contributed by atoms with Crippen molar-refractivity contribution in [1.82, 2.24) is 5.32 Å². The second-order valence-corrected chi connectivity index (χ2v) is 5.91. The van der Waals surface area contributed by atoms with Crippen molar-refractivity contribution in [3.8, 4) is 0 Å². The summed E-state index contributed by atoms with van der Waals surface area (Å²) < 4.78 is 0. The van der Waals surface area contributed by atoms with Gasteiger partial charge in [0, 0.05) is 11.6 Å². The molecule has 0 aliphatic carbocycles. The standard InChI is InChI=1S/C20H18ClNO/c21-19-11-4-2-7-17(19)14-20(23)22-13-12-16-9-5-8-15-6-1-3-10-18(15)16/h1-11H,12-14H2,(H,22,23). The zero-order valence-electron chi connectivity index (χ0n) is 12.8. The first-order valence-corrected chi connectivity index (χ1v) is 8.08. The molecule has 3 heteroatoms. The van der Waals surface area contributed by atoms with Gasteiger partial charge in [0.1, 0.15) is 0 Å². The highest BCUT2D eigenvalue weighted by molar-refractivity contribution is 6.31. The fraction of sp³-hybridized carbons (Fsp3) is 0.150. The van der Waals surface area contributed by atoms with Gasteiger partial charge in [-0.1, -0.05) is 72.3 Å². The Morgan fingerprint density at radius 1 is 0.870 bits per heavy atom. The second kappa shape index (κ2) is 7.30. The van der Waals surface area contributed by atoms with E-state index in [-0.39, 0.29) is 5.91 Å². The van der Waals surface area contributed by atoms with E-state index >= 15 is 0 Å². The van der Waals surface area contributed by atoms with Crippen molar-refractivity contribution in [3.63, 3.8) is 0 Å². The van der Waals surface area contributed by atoms with Crippen LogP contribution in [0, 0.1) is 0 Å². The largest absolute Gasteiger partial charge is 0.355 e. The first-order valence-electron chi connectivity index (χ1n) is 7.71. The number of carbonyl (C=O) groups excluding carboxylic acids is 1. The van der Waals surface area contributed by atoms with E-state index in [1.54, 1.807) is 6.07 Å². The van der Waals surface area contributed by atoms with E-state index in [2.05, 4.69) is 35.6 Å². The Morgan fingerprint density at radius 3 is 2.43 bits per heavy atom. The van der Waals surface area contributed by atoms with Crippen molar-refractivity contribution in [2.24, 2.45) is 0 Å². The first kappa shape index (κ1) is 15.6. The molecular weight excluding hydrogens is 306 g/mol. The summed E-state index contributed by atoms with van der Waals surface area (Å²) in [6.07, 6.45) is 1.13. The summed E-state index contributed by atoms with van der Waals surface area (Å²) in [5.41, 5.74) is 2.11. The molecule has 2 nitrogen and oxygen atoms in total. The molecule has 0 saturated carbocycles. The van der Waals surface area contributed by atoms with Gasteiger partial charge in [-0.2, -0.15) is 0 Å². The minimum absolute atomic E-state index is 0.00154.